The first-order valence-corrected chi connectivity index (χ1v) is 15.7. The number of pyridine rings is 1. The van der Waals surface area contributed by atoms with Gasteiger partial charge in [-0.2, -0.15) is 0 Å². The number of nitrogens with one attached hydrogen (secondary N) is 1. The largest absolute Gasteiger partial charge is 0.506 e. The van der Waals surface area contributed by atoms with Crippen LogP contribution in [0.1, 0.15) is 10.4 Å². The van der Waals surface area contributed by atoms with E-state index in [1.165, 1.54) is 33.8 Å². The van der Waals surface area contributed by atoms with Crippen molar-refractivity contribution >= 4 is 120 Å². The highest BCUT2D eigenvalue weighted by molar-refractivity contribution is 6.61. The number of primary amides is 1. The molecule has 47 heavy (non-hydrogen) atoms. The summed E-state index contributed by atoms with van der Waals surface area (Å²) in [6.45, 7) is -0.242. The second-order valence-electron chi connectivity index (χ2n) is 13.9. The number of aromatic nitrogens is 4. The first-order valence-electron chi connectivity index (χ1n) is 14.9. The van der Waals surface area contributed by atoms with E-state index in [2.05, 4.69) is 51.6 Å². The molecule has 5 rings (SSSR count). The molecule has 0 spiro atoms. The van der Waals surface area contributed by atoms with Crippen molar-refractivity contribution in [3.63, 3.8) is 0 Å². The molecule has 4 aromatic rings. The van der Waals surface area contributed by atoms with Gasteiger partial charge in [-0.05, 0) is 28.4 Å². The van der Waals surface area contributed by atoms with Crippen LogP contribution in [0.4, 0.5) is 11.5 Å². The first kappa shape index (κ1) is 34.7. The molecule has 1 saturated heterocycles. The zero-order chi connectivity index (χ0) is 35.0. The molecule has 22 heteroatoms. The Labute approximate surface area is 288 Å². The predicted molar refractivity (Wildman–Crippen MR) is 206 cm³/mol. The minimum absolute atomic E-state index is 0.128. The summed E-state index contributed by atoms with van der Waals surface area (Å²) in [5.74, 6) is -1.21. The van der Waals surface area contributed by atoms with E-state index in [-0.39, 0.29) is 33.2 Å². The maximum absolute atomic E-state index is 13.6. The fourth-order valence-corrected chi connectivity index (χ4v) is 6.60. The van der Waals surface area contributed by atoms with Gasteiger partial charge >= 0.3 is 0 Å². The Kier molecular flexibility index (Phi) is 8.51. The Morgan fingerprint density at radius 3 is 2.21 bits per heavy atom. The van der Waals surface area contributed by atoms with Crippen molar-refractivity contribution in [2.75, 3.05) is 10.2 Å². The third-order valence-electron chi connectivity index (χ3n) is 9.81. The SMILES string of the molecule is BC1(B)OC(B)(B)C(B)(B)N(c2cc(NC(=O)Cn3cc(-c4cc(Cl)c(O)c(C(N)=O)c4)c4c(=O)n(C)cnc43)c(Cl)cn2)C1(B)B. The summed E-state index contributed by atoms with van der Waals surface area (Å²) in [6, 6.07) is 4.49. The number of benzene rings is 1. The number of ether oxygens (including phenoxy) is 1. The fraction of sp³-hybridized carbons (Fsp3) is 0.240. The quantitative estimate of drug-likeness (QED) is 0.172. The summed E-state index contributed by atoms with van der Waals surface area (Å²) in [5, 5.41) is 11.3. The van der Waals surface area contributed by atoms with Gasteiger partial charge in [-0.15, -0.1) is 0 Å². The predicted octanol–water partition coefficient (Wildman–Crippen LogP) is -5.94. The van der Waals surface area contributed by atoms with Crippen molar-refractivity contribution < 1.29 is 19.4 Å². The van der Waals surface area contributed by atoms with E-state index >= 15 is 0 Å². The fourth-order valence-electron chi connectivity index (χ4n) is 6.23. The topological polar surface area (TPSA) is 158 Å². The molecule has 1 fully saturated rings. The van der Waals surface area contributed by atoms with Gasteiger partial charge in [0.05, 0.1) is 39.2 Å². The molecule has 0 radical (unpaired) electrons. The van der Waals surface area contributed by atoms with Crippen molar-refractivity contribution in [2.24, 2.45) is 12.8 Å². The molecule has 4 heterocycles. The van der Waals surface area contributed by atoms with Crippen LogP contribution >= 0.6 is 23.2 Å². The highest BCUT2D eigenvalue weighted by Gasteiger charge is 2.59. The van der Waals surface area contributed by atoms with Crippen LogP contribution in [0.25, 0.3) is 22.2 Å². The zero-order valence-electron chi connectivity index (χ0n) is 27.8. The highest BCUT2D eigenvalue weighted by Crippen LogP contribution is 2.43. The number of amides is 2. The number of rotatable bonds is 6. The molecule has 12 nitrogen and oxygen atoms in total. The summed E-state index contributed by atoms with van der Waals surface area (Å²) in [6.07, 6.45) is 4.42. The Morgan fingerprint density at radius 1 is 1.00 bits per heavy atom. The molecule has 0 bridgehead atoms. The molecular formula is C25H31B8Cl2N7O5. The van der Waals surface area contributed by atoms with E-state index in [1.54, 1.807) is 19.3 Å². The van der Waals surface area contributed by atoms with Gasteiger partial charge < -0.3 is 34.9 Å². The van der Waals surface area contributed by atoms with Crippen molar-refractivity contribution in [2.45, 2.75) is 28.0 Å². The van der Waals surface area contributed by atoms with E-state index in [0.717, 1.165) is 0 Å². The lowest BCUT2D eigenvalue weighted by atomic mass is 9.30. The number of carbonyl (C=O) groups is 2. The monoisotopic (exact) mass is 667 g/mol. The molecule has 3 aromatic heterocycles. The van der Waals surface area contributed by atoms with Crippen LogP contribution in [-0.2, 0) is 23.1 Å². The van der Waals surface area contributed by atoms with Crippen LogP contribution in [-0.4, -0.2) is 120 Å². The number of nitrogens with two attached hydrogens (primary N) is 1. The molecule has 234 valence electrons. The second kappa shape index (κ2) is 11.5. The van der Waals surface area contributed by atoms with Crippen molar-refractivity contribution in [1.82, 2.24) is 19.1 Å². The summed E-state index contributed by atoms with van der Waals surface area (Å²) in [7, 11) is 18.1. The van der Waals surface area contributed by atoms with Crippen LogP contribution in [0.5, 0.6) is 5.75 Å². The molecule has 2 amide bonds. The number of morpholine rings is 1. The maximum Gasteiger partial charge on any atom is 0.263 e. The molecule has 0 atom stereocenters. The minimum Gasteiger partial charge on any atom is -0.506 e. The lowest BCUT2D eigenvalue weighted by Gasteiger charge is -2.69. The Hall–Kier alpha value is -3.61. The molecular weight excluding hydrogens is 636 g/mol. The number of aromatic hydroxyl groups is 1. The number of hydrogen-bond acceptors (Lipinski definition) is 8. The molecule has 0 unspecified atom stereocenters. The summed E-state index contributed by atoms with van der Waals surface area (Å²) < 4.78 is 9.41. The lowest BCUT2D eigenvalue weighted by molar-refractivity contribution is -0.116. The maximum atomic E-state index is 13.6. The summed E-state index contributed by atoms with van der Waals surface area (Å²) >= 11 is 12.8. The Balaban J connectivity index is 1.54. The number of phenols is 1. The van der Waals surface area contributed by atoms with Crippen LogP contribution in [0.15, 0.2) is 41.7 Å². The molecule has 1 aromatic carbocycles. The van der Waals surface area contributed by atoms with E-state index in [0.29, 0.717) is 22.6 Å². The Morgan fingerprint density at radius 2 is 1.62 bits per heavy atom. The van der Waals surface area contributed by atoms with Crippen molar-refractivity contribution in [3.05, 3.63) is 62.9 Å². The normalized spacial score (nSPS) is 17.7. The molecule has 0 saturated carbocycles. The number of aryl methyl sites for hydroxylation is 1. The van der Waals surface area contributed by atoms with Gasteiger partial charge in [0.2, 0.25) is 5.91 Å². The van der Waals surface area contributed by atoms with E-state index in [4.69, 9.17) is 33.7 Å². The average Bonchev–Trinajstić information content (AvgIpc) is 3.30. The van der Waals surface area contributed by atoms with Crippen LogP contribution in [0.3, 0.4) is 0 Å². The van der Waals surface area contributed by atoms with Gasteiger partial charge in [0.1, 0.15) is 86.5 Å². The van der Waals surface area contributed by atoms with Crippen LogP contribution in [0.2, 0.25) is 10.0 Å². The third kappa shape index (κ3) is 5.67. The number of fused-ring (bicyclic) bond motifs is 1. The van der Waals surface area contributed by atoms with Crippen LogP contribution in [0, 0.1) is 0 Å². The molecule has 1 aliphatic rings. The molecule has 1 aliphatic heterocycles. The number of halogens is 2. The summed E-state index contributed by atoms with van der Waals surface area (Å²) in [5.41, 5.74) is 6.10. The number of nitrogens with zero attached hydrogens (tertiary/aromatic N) is 5. The van der Waals surface area contributed by atoms with Crippen LogP contribution < -0.4 is 21.5 Å². The van der Waals surface area contributed by atoms with Gasteiger partial charge in [0.25, 0.3) is 11.5 Å². The first-order chi connectivity index (χ1) is 21.6. The standard InChI is InChI=1S/C25H31B8Cl2N7O5/c1-40-8-38-20-17(21(40)46)11(9-2-10(19(36)45)18(44)12(34)3-9)6-41(20)7-16(43)39-14-4-15(37-5-13(14)35)42-22(26,27)24(30,31)47-25(32,33)23(42,28)29/h2-6,8,44H,7,26-33H2,1H3,(H2,36,45)(H,37,39,43). The van der Waals surface area contributed by atoms with Crippen molar-refractivity contribution in [1.29, 1.82) is 0 Å². The third-order valence-corrected chi connectivity index (χ3v) is 10.4. The average molecular weight is 667 g/mol. The highest BCUT2D eigenvalue weighted by atomic mass is 35.5. The van der Waals surface area contributed by atoms with Gasteiger partial charge in [0.15, 0.2) is 0 Å². The smallest absolute Gasteiger partial charge is 0.263 e. The second-order valence-corrected chi connectivity index (χ2v) is 14.7. The number of carbonyl (C=O) groups excluding carboxylic acids is 2. The van der Waals surface area contributed by atoms with E-state index in [1.807, 2.05) is 31.4 Å². The Bertz CT molecular complexity index is 2010. The van der Waals surface area contributed by atoms with E-state index in [9.17, 15) is 19.5 Å². The van der Waals surface area contributed by atoms with Gasteiger partial charge in [0, 0.05) is 35.7 Å². The van der Waals surface area contributed by atoms with Gasteiger partial charge in [-0.1, -0.05) is 23.2 Å². The van der Waals surface area contributed by atoms with Gasteiger partial charge in [-0.25, -0.2) is 9.97 Å². The lowest BCUT2D eigenvalue weighted by Crippen LogP contribution is -2.86. The number of hydrogen-bond donors (Lipinski definition) is 3. The zero-order valence-corrected chi connectivity index (χ0v) is 29.3. The summed E-state index contributed by atoms with van der Waals surface area (Å²) in [4.78, 5) is 50.2. The van der Waals surface area contributed by atoms with Crippen molar-refractivity contribution in [3.8, 4) is 16.9 Å². The molecule has 0 aliphatic carbocycles. The number of anilines is 2. The van der Waals surface area contributed by atoms with Gasteiger partial charge in [-0.3, -0.25) is 14.4 Å². The minimum atomic E-state index is -0.898. The molecule has 4 N–H and O–H groups in total. The van der Waals surface area contributed by atoms with E-state index < -0.39 is 44.6 Å².